The zero-order chi connectivity index (χ0) is 13.1. The molecule has 0 atom stereocenters. The van der Waals surface area contributed by atoms with Crippen molar-refractivity contribution in [3.8, 4) is 0 Å². The highest BCUT2D eigenvalue weighted by atomic mass is 16.3. The summed E-state index contributed by atoms with van der Waals surface area (Å²) < 4.78 is 0. The zero-order valence-electron chi connectivity index (χ0n) is 10.8. The van der Waals surface area contributed by atoms with Gasteiger partial charge in [-0.2, -0.15) is 0 Å². The van der Waals surface area contributed by atoms with Crippen LogP contribution in [0.3, 0.4) is 0 Å². The van der Waals surface area contributed by atoms with Crippen LogP contribution in [0.2, 0.25) is 0 Å². The molecule has 0 fully saturated rings. The number of hydrazine groups is 1. The van der Waals surface area contributed by atoms with Crippen LogP contribution in [-0.2, 0) is 0 Å². The van der Waals surface area contributed by atoms with E-state index in [1.165, 1.54) is 0 Å². The minimum absolute atomic E-state index is 0.214. The highest BCUT2D eigenvalue weighted by molar-refractivity contribution is 5.47. The molecule has 0 amide bonds. The third kappa shape index (κ3) is 4.54. The van der Waals surface area contributed by atoms with Gasteiger partial charge in [-0.3, -0.25) is 0 Å². The lowest BCUT2D eigenvalue weighted by Gasteiger charge is -2.19. The minimum atomic E-state index is -0.792. The molecule has 0 spiro atoms. The summed E-state index contributed by atoms with van der Waals surface area (Å²) in [6, 6.07) is 1.71. The third-order valence-electron chi connectivity index (χ3n) is 2.11. The van der Waals surface area contributed by atoms with Gasteiger partial charge >= 0.3 is 0 Å². The number of aromatic nitrogens is 2. The predicted molar refractivity (Wildman–Crippen MR) is 68.7 cm³/mol. The molecule has 0 saturated carbocycles. The van der Waals surface area contributed by atoms with Gasteiger partial charge in [0.15, 0.2) is 0 Å². The summed E-state index contributed by atoms with van der Waals surface area (Å²) in [6.45, 7) is 7.88. The van der Waals surface area contributed by atoms with Crippen LogP contribution in [-0.4, -0.2) is 27.2 Å². The molecule has 6 nitrogen and oxygen atoms in total. The van der Waals surface area contributed by atoms with Crippen LogP contribution < -0.4 is 16.6 Å². The second-order valence-corrected chi connectivity index (χ2v) is 4.96. The van der Waals surface area contributed by atoms with Gasteiger partial charge in [0.25, 0.3) is 0 Å². The Bertz CT molecular complexity index is 373. The Labute approximate surface area is 102 Å². The zero-order valence-corrected chi connectivity index (χ0v) is 10.8. The van der Waals surface area contributed by atoms with Gasteiger partial charge in [0.05, 0.1) is 5.60 Å². The first kappa shape index (κ1) is 13.7. The number of nitrogens with zero attached hydrogens (tertiary/aromatic N) is 2. The fourth-order valence-electron chi connectivity index (χ4n) is 1.20. The molecule has 5 N–H and O–H groups in total. The number of hydrogen-bond donors (Lipinski definition) is 4. The summed E-state index contributed by atoms with van der Waals surface area (Å²) in [6.07, 6.45) is 0. The average molecular weight is 239 g/mol. The number of nitrogens with one attached hydrogen (secondary N) is 2. The van der Waals surface area contributed by atoms with Crippen LogP contribution in [0, 0.1) is 0 Å². The summed E-state index contributed by atoms with van der Waals surface area (Å²) in [7, 11) is 0. The molecule has 96 valence electrons. The van der Waals surface area contributed by atoms with Gasteiger partial charge < -0.3 is 15.8 Å². The van der Waals surface area contributed by atoms with E-state index < -0.39 is 5.60 Å². The second kappa shape index (κ2) is 5.29. The van der Waals surface area contributed by atoms with Crippen molar-refractivity contribution in [2.45, 2.75) is 39.2 Å². The van der Waals surface area contributed by atoms with E-state index in [9.17, 15) is 5.11 Å². The molecule has 0 unspecified atom stereocenters. The van der Waals surface area contributed by atoms with E-state index >= 15 is 0 Å². The Morgan fingerprint density at radius 2 is 1.94 bits per heavy atom. The van der Waals surface area contributed by atoms with Crippen LogP contribution in [0.5, 0.6) is 0 Å². The van der Waals surface area contributed by atoms with Crippen molar-refractivity contribution in [2.75, 3.05) is 17.3 Å². The van der Waals surface area contributed by atoms with Gasteiger partial charge in [-0.15, -0.1) is 0 Å². The molecule has 17 heavy (non-hydrogen) atoms. The van der Waals surface area contributed by atoms with Gasteiger partial charge in [0, 0.05) is 18.5 Å². The Hall–Kier alpha value is -1.40. The Kier molecular flexibility index (Phi) is 4.25. The van der Waals surface area contributed by atoms with Crippen LogP contribution in [0.4, 0.5) is 11.6 Å². The van der Waals surface area contributed by atoms with Crippen LogP contribution in [0.25, 0.3) is 0 Å². The molecule has 0 bridgehead atoms. The molecule has 0 aromatic carbocycles. The van der Waals surface area contributed by atoms with Crippen molar-refractivity contribution in [3.63, 3.8) is 0 Å². The lowest BCUT2D eigenvalue weighted by atomic mass is 10.1. The van der Waals surface area contributed by atoms with E-state index in [4.69, 9.17) is 5.84 Å². The molecule has 1 aromatic rings. The van der Waals surface area contributed by atoms with Gasteiger partial charge in [0.1, 0.15) is 17.5 Å². The van der Waals surface area contributed by atoms with E-state index in [1.54, 1.807) is 19.9 Å². The van der Waals surface area contributed by atoms with Crippen molar-refractivity contribution < 1.29 is 5.11 Å². The largest absolute Gasteiger partial charge is 0.389 e. The summed E-state index contributed by atoms with van der Waals surface area (Å²) in [5.74, 6) is 7.48. The van der Waals surface area contributed by atoms with Crippen molar-refractivity contribution in [2.24, 2.45) is 5.84 Å². The molecule has 1 aromatic heterocycles. The lowest BCUT2D eigenvalue weighted by Crippen LogP contribution is -2.29. The van der Waals surface area contributed by atoms with E-state index in [0.717, 1.165) is 0 Å². The molecule has 1 heterocycles. The molecule has 1 rings (SSSR count). The van der Waals surface area contributed by atoms with Gasteiger partial charge in [-0.05, 0) is 13.8 Å². The van der Waals surface area contributed by atoms with Crippen molar-refractivity contribution in [1.82, 2.24) is 9.97 Å². The molecule has 0 radical (unpaired) electrons. The fourth-order valence-corrected chi connectivity index (χ4v) is 1.20. The van der Waals surface area contributed by atoms with Crippen molar-refractivity contribution >= 4 is 11.6 Å². The topological polar surface area (TPSA) is 96.1 Å². The normalized spacial score (nSPS) is 11.7. The monoisotopic (exact) mass is 239 g/mol. The average Bonchev–Trinajstić information content (AvgIpc) is 2.25. The first-order chi connectivity index (χ1) is 7.81. The van der Waals surface area contributed by atoms with Crippen LogP contribution in [0.15, 0.2) is 6.07 Å². The summed E-state index contributed by atoms with van der Waals surface area (Å²) in [5, 5.41) is 12.7. The number of rotatable bonds is 5. The summed E-state index contributed by atoms with van der Waals surface area (Å²) in [4.78, 5) is 8.60. The quantitative estimate of drug-likeness (QED) is 0.453. The standard InChI is InChI=1S/C11H21N5O/c1-7(2)10-14-8(5-9(15-10)16-12)13-6-11(3,4)17/h5,7,17H,6,12H2,1-4H3,(H2,13,14,15,16). The highest BCUT2D eigenvalue weighted by Gasteiger charge is 2.13. The molecular weight excluding hydrogens is 218 g/mol. The van der Waals surface area contributed by atoms with Gasteiger partial charge in [-0.25, -0.2) is 15.8 Å². The molecular formula is C11H21N5O. The minimum Gasteiger partial charge on any atom is -0.389 e. The smallest absolute Gasteiger partial charge is 0.145 e. The number of nitrogen functional groups attached to an aromatic ring is 1. The molecule has 0 aliphatic heterocycles. The first-order valence-electron chi connectivity index (χ1n) is 5.63. The maximum Gasteiger partial charge on any atom is 0.145 e. The predicted octanol–water partition coefficient (Wildman–Crippen LogP) is 1.07. The molecule has 0 aliphatic rings. The van der Waals surface area contributed by atoms with Gasteiger partial charge in [-0.1, -0.05) is 13.8 Å². The molecule has 6 heteroatoms. The number of hydrogen-bond acceptors (Lipinski definition) is 6. The van der Waals surface area contributed by atoms with E-state index in [-0.39, 0.29) is 5.92 Å². The fraction of sp³-hybridized carbons (Fsp3) is 0.636. The van der Waals surface area contributed by atoms with Crippen LogP contribution >= 0.6 is 0 Å². The van der Waals surface area contributed by atoms with Crippen LogP contribution in [0.1, 0.15) is 39.4 Å². The first-order valence-corrected chi connectivity index (χ1v) is 5.63. The maximum absolute atomic E-state index is 9.64. The number of nitrogens with two attached hydrogens (primary N) is 1. The van der Waals surface area contributed by atoms with Gasteiger partial charge in [0.2, 0.25) is 0 Å². The SMILES string of the molecule is CC(C)c1nc(NN)cc(NCC(C)(C)O)n1. The maximum atomic E-state index is 9.64. The molecule has 0 aliphatic carbocycles. The Morgan fingerprint density at radius 3 is 2.41 bits per heavy atom. The van der Waals surface area contributed by atoms with E-state index in [2.05, 4.69) is 20.7 Å². The summed E-state index contributed by atoms with van der Waals surface area (Å²) in [5.41, 5.74) is 1.71. The van der Waals surface area contributed by atoms with Crippen molar-refractivity contribution in [3.05, 3.63) is 11.9 Å². The summed E-state index contributed by atoms with van der Waals surface area (Å²) >= 11 is 0. The lowest BCUT2D eigenvalue weighted by molar-refractivity contribution is 0.0944. The Balaban J connectivity index is 2.87. The number of anilines is 2. The number of aliphatic hydroxyl groups is 1. The third-order valence-corrected chi connectivity index (χ3v) is 2.11. The Morgan fingerprint density at radius 1 is 1.35 bits per heavy atom. The van der Waals surface area contributed by atoms with E-state index in [0.29, 0.717) is 24.0 Å². The van der Waals surface area contributed by atoms with Crippen molar-refractivity contribution in [1.29, 1.82) is 0 Å². The molecule has 0 saturated heterocycles. The second-order valence-electron chi connectivity index (χ2n) is 4.96. The highest BCUT2D eigenvalue weighted by Crippen LogP contribution is 2.16. The van der Waals surface area contributed by atoms with E-state index in [1.807, 2.05) is 13.8 Å².